The lowest BCUT2D eigenvalue weighted by molar-refractivity contribution is 0.0432. The Kier molecular flexibility index (Phi) is 4.65. The highest BCUT2D eigenvalue weighted by molar-refractivity contribution is 6.30. The molecule has 0 atom stereocenters. The van der Waals surface area contributed by atoms with Gasteiger partial charge in [-0.1, -0.05) is 41.9 Å². The molecule has 0 aliphatic rings. The van der Waals surface area contributed by atoms with Gasteiger partial charge in [0.15, 0.2) is 0 Å². The van der Waals surface area contributed by atoms with E-state index in [1.807, 2.05) is 36.4 Å². The number of carbonyl (C=O) groups excluding carboxylic acids is 1. The zero-order valence-electron chi connectivity index (χ0n) is 12.5. The molecule has 0 amide bonds. The smallest absolute Gasteiger partial charge is 0.374 e. The molecular formula is C18H15ClO4. The van der Waals surface area contributed by atoms with Crippen LogP contribution in [0.5, 0.6) is 0 Å². The van der Waals surface area contributed by atoms with Crippen molar-refractivity contribution in [3.63, 3.8) is 0 Å². The number of ether oxygens (including phenoxy) is 2. The standard InChI is InChI=1S/C18H15ClO4/c1-21-11-15-14-4-2-3-5-16(14)23-17(15)18(20)22-10-12-6-8-13(19)9-7-12/h2-9H,10-11H2,1H3. The Bertz CT molecular complexity index is 821. The van der Waals surface area contributed by atoms with Crippen LogP contribution in [0.15, 0.2) is 52.9 Å². The number of hydrogen-bond acceptors (Lipinski definition) is 4. The number of rotatable bonds is 5. The number of fused-ring (bicyclic) bond motifs is 1. The summed E-state index contributed by atoms with van der Waals surface area (Å²) in [7, 11) is 1.57. The van der Waals surface area contributed by atoms with E-state index in [0.29, 0.717) is 16.2 Å². The molecule has 23 heavy (non-hydrogen) atoms. The van der Waals surface area contributed by atoms with E-state index < -0.39 is 5.97 Å². The predicted octanol–water partition coefficient (Wildman–Crippen LogP) is 4.59. The van der Waals surface area contributed by atoms with Crippen molar-refractivity contribution < 1.29 is 18.7 Å². The highest BCUT2D eigenvalue weighted by Crippen LogP contribution is 2.27. The van der Waals surface area contributed by atoms with Crippen molar-refractivity contribution >= 4 is 28.5 Å². The van der Waals surface area contributed by atoms with E-state index in [2.05, 4.69) is 0 Å². The van der Waals surface area contributed by atoms with Crippen molar-refractivity contribution in [2.75, 3.05) is 7.11 Å². The maximum Gasteiger partial charge on any atom is 0.374 e. The van der Waals surface area contributed by atoms with Crippen molar-refractivity contribution in [1.82, 2.24) is 0 Å². The Hall–Kier alpha value is -2.30. The number of carbonyl (C=O) groups is 1. The average molecular weight is 331 g/mol. The molecule has 0 bridgehead atoms. The van der Waals surface area contributed by atoms with E-state index in [9.17, 15) is 4.79 Å². The van der Waals surface area contributed by atoms with Gasteiger partial charge in [0.1, 0.15) is 12.2 Å². The molecule has 0 aliphatic carbocycles. The van der Waals surface area contributed by atoms with Gasteiger partial charge in [-0.2, -0.15) is 0 Å². The first-order valence-electron chi connectivity index (χ1n) is 7.10. The third-order valence-electron chi connectivity index (χ3n) is 3.46. The predicted molar refractivity (Wildman–Crippen MR) is 87.5 cm³/mol. The number of methoxy groups -OCH3 is 1. The van der Waals surface area contributed by atoms with Crippen molar-refractivity contribution in [3.05, 3.63) is 70.4 Å². The van der Waals surface area contributed by atoms with E-state index >= 15 is 0 Å². The zero-order valence-corrected chi connectivity index (χ0v) is 13.3. The van der Waals surface area contributed by atoms with Crippen LogP contribution >= 0.6 is 11.6 Å². The summed E-state index contributed by atoms with van der Waals surface area (Å²) in [4.78, 5) is 12.4. The summed E-state index contributed by atoms with van der Waals surface area (Å²) in [5.74, 6) is -0.329. The Morgan fingerprint density at radius 1 is 1.09 bits per heavy atom. The lowest BCUT2D eigenvalue weighted by Crippen LogP contribution is -2.07. The molecule has 0 radical (unpaired) electrons. The molecule has 0 saturated carbocycles. The van der Waals surface area contributed by atoms with Gasteiger partial charge >= 0.3 is 5.97 Å². The molecule has 3 aromatic rings. The molecular weight excluding hydrogens is 316 g/mol. The summed E-state index contributed by atoms with van der Waals surface area (Å²) >= 11 is 5.83. The fourth-order valence-corrected chi connectivity index (χ4v) is 2.47. The minimum absolute atomic E-state index is 0.152. The lowest BCUT2D eigenvalue weighted by atomic mass is 10.1. The normalized spacial score (nSPS) is 10.9. The summed E-state index contributed by atoms with van der Waals surface area (Å²) in [5, 5.41) is 1.49. The van der Waals surface area contributed by atoms with Crippen LogP contribution in [0.1, 0.15) is 21.7 Å². The molecule has 1 heterocycles. The number of hydrogen-bond donors (Lipinski definition) is 0. The van der Waals surface area contributed by atoms with Crippen molar-refractivity contribution in [2.45, 2.75) is 13.2 Å². The van der Waals surface area contributed by atoms with Gasteiger partial charge < -0.3 is 13.9 Å². The Balaban J connectivity index is 1.82. The van der Waals surface area contributed by atoms with Gasteiger partial charge in [0, 0.05) is 23.1 Å². The first-order chi connectivity index (χ1) is 11.2. The van der Waals surface area contributed by atoms with Gasteiger partial charge in [0.25, 0.3) is 0 Å². The summed E-state index contributed by atoms with van der Waals surface area (Å²) in [6, 6.07) is 14.6. The van der Waals surface area contributed by atoms with Crippen LogP contribution < -0.4 is 0 Å². The van der Waals surface area contributed by atoms with Crippen LogP contribution in [0.4, 0.5) is 0 Å². The molecule has 0 fully saturated rings. The van der Waals surface area contributed by atoms with Gasteiger partial charge in [0.2, 0.25) is 5.76 Å². The second-order valence-electron chi connectivity index (χ2n) is 5.04. The third kappa shape index (κ3) is 3.38. The van der Waals surface area contributed by atoms with Crippen molar-refractivity contribution in [1.29, 1.82) is 0 Å². The van der Waals surface area contributed by atoms with Crippen LogP contribution in [-0.2, 0) is 22.7 Å². The van der Waals surface area contributed by atoms with Crippen molar-refractivity contribution in [2.24, 2.45) is 0 Å². The van der Waals surface area contributed by atoms with E-state index in [1.54, 1.807) is 19.2 Å². The number of furan rings is 1. The largest absolute Gasteiger partial charge is 0.455 e. The Morgan fingerprint density at radius 2 is 1.83 bits per heavy atom. The summed E-state index contributed by atoms with van der Waals surface area (Å²) < 4.78 is 16.2. The molecule has 0 unspecified atom stereocenters. The molecule has 0 saturated heterocycles. The van der Waals surface area contributed by atoms with Gasteiger partial charge in [-0.05, 0) is 23.8 Å². The molecule has 4 nitrogen and oxygen atoms in total. The van der Waals surface area contributed by atoms with Crippen LogP contribution in [0, 0.1) is 0 Å². The van der Waals surface area contributed by atoms with Gasteiger partial charge in [-0.15, -0.1) is 0 Å². The van der Waals surface area contributed by atoms with Gasteiger partial charge in [-0.3, -0.25) is 0 Å². The molecule has 5 heteroatoms. The second kappa shape index (κ2) is 6.86. The topological polar surface area (TPSA) is 48.7 Å². The molecule has 0 spiro atoms. The van der Waals surface area contributed by atoms with Crippen LogP contribution in [0.3, 0.4) is 0 Å². The SMILES string of the molecule is COCc1c(C(=O)OCc2ccc(Cl)cc2)oc2ccccc12. The Labute approximate surface area is 138 Å². The second-order valence-corrected chi connectivity index (χ2v) is 5.48. The fraction of sp³-hybridized carbons (Fsp3) is 0.167. The fourth-order valence-electron chi connectivity index (χ4n) is 2.35. The van der Waals surface area contributed by atoms with E-state index in [0.717, 1.165) is 10.9 Å². The minimum atomic E-state index is -0.511. The first kappa shape index (κ1) is 15.6. The van der Waals surface area contributed by atoms with E-state index in [-0.39, 0.29) is 19.0 Å². The highest BCUT2D eigenvalue weighted by atomic mass is 35.5. The maximum absolute atomic E-state index is 12.4. The number of para-hydroxylation sites is 1. The lowest BCUT2D eigenvalue weighted by Gasteiger charge is -2.05. The quantitative estimate of drug-likeness (QED) is 0.642. The molecule has 0 aliphatic heterocycles. The minimum Gasteiger partial charge on any atom is -0.455 e. The van der Waals surface area contributed by atoms with E-state index in [1.165, 1.54) is 0 Å². The van der Waals surface area contributed by atoms with E-state index in [4.69, 9.17) is 25.5 Å². The van der Waals surface area contributed by atoms with Gasteiger partial charge in [0.05, 0.1) is 6.61 Å². The van der Waals surface area contributed by atoms with Gasteiger partial charge in [-0.25, -0.2) is 4.79 Å². The highest BCUT2D eigenvalue weighted by Gasteiger charge is 2.21. The molecule has 118 valence electrons. The van der Waals surface area contributed by atoms with Crippen LogP contribution in [-0.4, -0.2) is 13.1 Å². The van der Waals surface area contributed by atoms with Crippen LogP contribution in [0.2, 0.25) is 5.02 Å². The average Bonchev–Trinajstić information content (AvgIpc) is 2.93. The van der Waals surface area contributed by atoms with Crippen molar-refractivity contribution in [3.8, 4) is 0 Å². The Morgan fingerprint density at radius 3 is 2.57 bits per heavy atom. The summed E-state index contributed by atoms with van der Waals surface area (Å²) in [6.07, 6.45) is 0. The maximum atomic E-state index is 12.4. The number of esters is 1. The third-order valence-corrected chi connectivity index (χ3v) is 3.71. The zero-order chi connectivity index (χ0) is 16.2. The molecule has 1 aromatic heterocycles. The summed E-state index contributed by atoms with van der Waals surface area (Å²) in [5.41, 5.74) is 2.19. The summed E-state index contributed by atoms with van der Waals surface area (Å²) in [6.45, 7) is 0.432. The van der Waals surface area contributed by atoms with Crippen LogP contribution in [0.25, 0.3) is 11.0 Å². The number of benzene rings is 2. The monoisotopic (exact) mass is 330 g/mol. The number of halogens is 1. The molecule has 0 N–H and O–H groups in total. The molecule has 2 aromatic carbocycles. The first-order valence-corrected chi connectivity index (χ1v) is 7.47. The molecule has 3 rings (SSSR count).